The molecule has 2 aromatic carbocycles. The molecule has 3 aromatic rings. The smallest absolute Gasteiger partial charge is 0.282 e. The van der Waals surface area contributed by atoms with E-state index >= 15 is 0 Å². The second-order valence-corrected chi connectivity index (χ2v) is 10.3. The van der Waals surface area contributed by atoms with Gasteiger partial charge in [-0.05, 0) is 32.1 Å². The molecule has 0 saturated carbocycles. The third-order valence-corrected chi connectivity index (χ3v) is 7.60. The Bertz CT molecular complexity index is 1600. The highest BCUT2D eigenvalue weighted by Gasteiger charge is 2.33. The number of fused-ring (bicyclic) bond motifs is 2. The number of anilines is 2. The van der Waals surface area contributed by atoms with Crippen molar-refractivity contribution in [3.05, 3.63) is 69.2 Å². The monoisotopic (exact) mass is 597 g/mol. The molecule has 0 amide bonds. The second-order valence-electron chi connectivity index (χ2n) is 9.49. The molecule has 10 nitrogen and oxygen atoms in total. The molecule has 0 radical (unpaired) electrons. The van der Waals surface area contributed by atoms with Gasteiger partial charge in [-0.25, -0.2) is 9.13 Å². The van der Waals surface area contributed by atoms with E-state index in [1.165, 1.54) is 0 Å². The zero-order valence-corrected chi connectivity index (χ0v) is 24.2. The first-order valence-corrected chi connectivity index (χ1v) is 13.9. The van der Waals surface area contributed by atoms with Crippen LogP contribution in [0.2, 0.25) is 10.0 Å². The van der Waals surface area contributed by atoms with Gasteiger partial charge in [0.25, 0.3) is 5.82 Å². The van der Waals surface area contributed by atoms with Crippen molar-refractivity contribution in [2.24, 2.45) is 0 Å². The van der Waals surface area contributed by atoms with E-state index in [2.05, 4.69) is 12.1 Å². The topological polar surface area (TPSA) is 144 Å². The Kier molecular flexibility index (Phi) is 9.57. The van der Waals surface area contributed by atoms with E-state index in [0.717, 1.165) is 11.2 Å². The lowest BCUT2D eigenvalue weighted by molar-refractivity contribution is -0.681. The van der Waals surface area contributed by atoms with Crippen molar-refractivity contribution in [1.82, 2.24) is 4.57 Å². The van der Waals surface area contributed by atoms with Crippen LogP contribution in [0.25, 0.3) is 17.1 Å². The molecule has 4 rings (SSSR count). The van der Waals surface area contributed by atoms with Crippen LogP contribution in [-0.2, 0) is 13.1 Å². The highest BCUT2D eigenvalue weighted by molar-refractivity contribution is 6.32. The lowest BCUT2D eigenvalue weighted by Crippen LogP contribution is -2.43. The number of allylic oxidation sites excluding steroid dienone is 2. The number of aliphatic hydroxyl groups is 4. The number of aromatic nitrogens is 2. The van der Waals surface area contributed by atoms with E-state index in [4.69, 9.17) is 23.2 Å². The van der Waals surface area contributed by atoms with E-state index in [-0.39, 0.29) is 13.1 Å². The number of β-amino-alcohol motifs (C(OH)–C–C–N with tert-alkyl or cyclic N) is 1. The summed E-state index contributed by atoms with van der Waals surface area (Å²) in [5, 5.41) is 59.5. The highest BCUT2D eigenvalue weighted by atomic mass is 35.5. The Morgan fingerprint density at radius 1 is 0.902 bits per heavy atom. The number of rotatable bonds is 10. The van der Waals surface area contributed by atoms with Crippen LogP contribution in [0.4, 0.5) is 11.4 Å². The highest BCUT2D eigenvalue weighted by Crippen LogP contribution is 2.44. The molecule has 1 aliphatic rings. The van der Waals surface area contributed by atoms with Crippen LogP contribution in [-0.4, -0.2) is 63.5 Å². The third-order valence-electron chi connectivity index (χ3n) is 6.97. The van der Waals surface area contributed by atoms with E-state index < -0.39 is 25.4 Å². The molecule has 0 saturated heterocycles. The van der Waals surface area contributed by atoms with Crippen molar-refractivity contribution in [1.29, 1.82) is 10.5 Å². The zero-order valence-electron chi connectivity index (χ0n) is 22.7. The Hall–Kier alpha value is -3.61. The minimum atomic E-state index is -1.03. The van der Waals surface area contributed by atoms with Gasteiger partial charge in [-0.15, -0.1) is 0 Å². The van der Waals surface area contributed by atoms with Crippen LogP contribution in [0.1, 0.15) is 30.8 Å². The van der Waals surface area contributed by atoms with Crippen LogP contribution in [0.5, 0.6) is 0 Å². The first-order valence-electron chi connectivity index (χ1n) is 13.1. The summed E-state index contributed by atoms with van der Waals surface area (Å²) in [6.45, 7) is 4.36. The van der Waals surface area contributed by atoms with Crippen LogP contribution in [0.15, 0.2) is 42.2 Å². The molecule has 4 N–H and O–H groups in total. The van der Waals surface area contributed by atoms with E-state index in [9.17, 15) is 30.9 Å². The maximum Gasteiger partial charge on any atom is 0.282 e. The summed E-state index contributed by atoms with van der Waals surface area (Å²) in [4.78, 5) is 3.83. The van der Waals surface area contributed by atoms with Gasteiger partial charge in [0.1, 0.15) is 30.6 Å². The summed E-state index contributed by atoms with van der Waals surface area (Å²) >= 11 is 12.7. The third kappa shape index (κ3) is 5.77. The molecule has 1 aromatic heterocycles. The van der Waals surface area contributed by atoms with Gasteiger partial charge in [-0.1, -0.05) is 29.3 Å². The largest absolute Gasteiger partial charge is 0.394 e. The molecule has 2 unspecified atom stereocenters. The fourth-order valence-corrected chi connectivity index (χ4v) is 5.49. The Labute approximate surface area is 248 Å². The van der Waals surface area contributed by atoms with Crippen molar-refractivity contribution in [2.45, 2.75) is 39.1 Å². The molecular formula is C29H31Cl2N6O4+. The Balaban J connectivity index is 1.87. The number of hydrogen-bond acceptors (Lipinski definition) is 8. The summed E-state index contributed by atoms with van der Waals surface area (Å²) < 4.78 is 3.83. The number of imidazole rings is 1. The fraction of sp³-hybridized carbons (Fsp3) is 0.345. The van der Waals surface area contributed by atoms with Crippen LogP contribution in [0.3, 0.4) is 0 Å². The molecule has 1 aliphatic heterocycles. The van der Waals surface area contributed by atoms with Gasteiger partial charge in [0.05, 0.1) is 65.0 Å². The van der Waals surface area contributed by atoms with Crippen molar-refractivity contribution in [2.75, 3.05) is 36.1 Å². The molecule has 0 fully saturated rings. The van der Waals surface area contributed by atoms with Gasteiger partial charge in [0, 0.05) is 24.8 Å². The number of nitriles is 2. The van der Waals surface area contributed by atoms with Crippen molar-refractivity contribution >= 4 is 51.7 Å². The van der Waals surface area contributed by atoms with Gasteiger partial charge >= 0.3 is 0 Å². The number of halogens is 2. The predicted molar refractivity (Wildman–Crippen MR) is 157 cm³/mol. The number of benzene rings is 2. The SMILES string of the molecule is CCN1C(=CC=Cc2n(CC)c3cc(Cl)c(C#N)cc3[n+]2CC(O)CO)N(CC(O)CO)c2cc(C#N)c(Cl)cc21. The van der Waals surface area contributed by atoms with Gasteiger partial charge in [-0.3, -0.25) is 0 Å². The quantitative estimate of drug-likeness (QED) is 0.261. The van der Waals surface area contributed by atoms with Crippen molar-refractivity contribution in [3.63, 3.8) is 0 Å². The molecule has 0 spiro atoms. The molecule has 0 bridgehead atoms. The predicted octanol–water partition coefficient (Wildman–Crippen LogP) is 2.91. The zero-order chi connectivity index (χ0) is 29.8. The first kappa shape index (κ1) is 30.4. The average molecular weight is 599 g/mol. The minimum absolute atomic E-state index is 0.0829. The summed E-state index contributed by atoms with van der Waals surface area (Å²) in [6.07, 6.45) is 3.47. The summed E-state index contributed by atoms with van der Waals surface area (Å²) in [6, 6.07) is 11.0. The normalized spacial score (nSPS) is 15.5. The Morgan fingerprint density at radius 2 is 1.54 bits per heavy atom. The molecule has 2 heterocycles. The molecule has 0 aliphatic carbocycles. The van der Waals surface area contributed by atoms with E-state index in [1.807, 2.05) is 51.0 Å². The average Bonchev–Trinajstić information content (AvgIpc) is 3.41. The van der Waals surface area contributed by atoms with Crippen LogP contribution >= 0.6 is 23.2 Å². The summed E-state index contributed by atoms with van der Waals surface area (Å²) in [5.41, 5.74) is 3.50. The van der Waals surface area contributed by atoms with Crippen LogP contribution in [0, 0.1) is 22.7 Å². The minimum Gasteiger partial charge on any atom is -0.394 e. The van der Waals surface area contributed by atoms with Crippen molar-refractivity contribution in [3.8, 4) is 12.1 Å². The molecule has 214 valence electrons. The Morgan fingerprint density at radius 3 is 2.15 bits per heavy atom. The molecule has 41 heavy (non-hydrogen) atoms. The number of nitrogens with zero attached hydrogens (tertiary/aromatic N) is 6. The lowest BCUT2D eigenvalue weighted by Gasteiger charge is -2.25. The maximum atomic E-state index is 10.3. The van der Waals surface area contributed by atoms with Gasteiger partial charge in [0.15, 0.2) is 11.0 Å². The molecule has 12 heteroatoms. The van der Waals surface area contributed by atoms with Crippen LogP contribution < -0.4 is 14.4 Å². The molecule has 2 atom stereocenters. The standard InChI is InChI=1S/C29H31Cl2N6O4/c1-3-34-26-10-22(30)18(12-32)8-24(26)36(14-20(40)16-38)28(34)6-5-7-29-35(4-2)27-11-23(31)19(13-33)9-25(27)37(29)15-21(41)17-39/h5-11,20-21,38-41H,3-4,14-17H2,1-2H3/q+1. The van der Waals surface area contributed by atoms with Gasteiger partial charge < -0.3 is 30.2 Å². The fourth-order valence-electron chi connectivity index (χ4n) is 5.09. The van der Waals surface area contributed by atoms with Gasteiger partial charge in [-0.2, -0.15) is 10.5 Å². The van der Waals surface area contributed by atoms with Crippen molar-refractivity contribution < 1.29 is 25.0 Å². The first-order chi connectivity index (χ1) is 19.7. The maximum absolute atomic E-state index is 10.3. The van der Waals surface area contributed by atoms with E-state index in [0.29, 0.717) is 57.1 Å². The number of hydrogen-bond donors (Lipinski definition) is 4. The lowest BCUT2D eigenvalue weighted by atomic mass is 10.1. The number of aliphatic hydroxyl groups excluding tert-OH is 4. The number of aryl methyl sites for hydroxylation is 1. The summed E-state index contributed by atoms with van der Waals surface area (Å²) in [5.74, 6) is 1.40. The van der Waals surface area contributed by atoms with E-state index in [1.54, 1.807) is 24.3 Å². The summed E-state index contributed by atoms with van der Waals surface area (Å²) in [7, 11) is 0. The second kappa shape index (κ2) is 12.9. The van der Waals surface area contributed by atoms with Gasteiger partial charge in [0.2, 0.25) is 0 Å². The molecular weight excluding hydrogens is 567 g/mol.